The van der Waals surface area contributed by atoms with E-state index in [1.165, 1.54) is 0 Å². The number of ether oxygens (including phenoxy) is 1. The van der Waals surface area contributed by atoms with Gasteiger partial charge in [-0.3, -0.25) is 4.79 Å². The van der Waals surface area contributed by atoms with Gasteiger partial charge in [0, 0.05) is 5.70 Å². The third-order valence-corrected chi connectivity index (χ3v) is 1.25. The molecular weight excluding hydrogens is 178 g/mol. The number of hydrogen-bond acceptors (Lipinski definition) is 3. The average molecular weight is 197 g/mol. The van der Waals surface area contributed by atoms with Crippen LogP contribution in [0.2, 0.25) is 0 Å². The van der Waals surface area contributed by atoms with Gasteiger partial charge >= 0.3 is 5.97 Å². The molecule has 0 saturated heterocycles. The quantitative estimate of drug-likeness (QED) is 0.553. The van der Waals surface area contributed by atoms with E-state index in [-0.39, 0.29) is 12.5 Å². The fraction of sp³-hybridized carbons (Fsp3) is 0.545. The van der Waals surface area contributed by atoms with Crippen LogP contribution in [-0.4, -0.2) is 18.1 Å². The Hall–Kier alpha value is -1.25. The van der Waals surface area contributed by atoms with Crippen LogP contribution in [0, 0.1) is 0 Å². The topological polar surface area (TPSA) is 38.3 Å². The van der Waals surface area contributed by atoms with Gasteiger partial charge in [0.25, 0.3) is 0 Å². The van der Waals surface area contributed by atoms with E-state index >= 15 is 0 Å². The lowest BCUT2D eigenvalue weighted by Crippen LogP contribution is -2.30. The zero-order valence-electron chi connectivity index (χ0n) is 9.39. The summed E-state index contributed by atoms with van der Waals surface area (Å²) in [7, 11) is 0. The minimum Gasteiger partial charge on any atom is -0.459 e. The molecule has 0 unspecified atom stereocenters. The first-order valence-corrected chi connectivity index (χ1v) is 4.62. The molecule has 14 heavy (non-hydrogen) atoms. The number of nitrogens with one attached hydrogen (secondary N) is 1. The van der Waals surface area contributed by atoms with Gasteiger partial charge in [-0.15, -0.1) is 0 Å². The third kappa shape index (κ3) is 7.40. The molecule has 0 aromatic carbocycles. The second-order valence-corrected chi connectivity index (χ2v) is 3.97. The molecular formula is C11H19NO2. The first kappa shape index (κ1) is 12.8. The summed E-state index contributed by atoms with van der Waals surface area (Å²) in [6.07, 6.45) is 3.65. The van der Waals surface area contributed by atoms with Gasteiger partial charge in [-0.05, 0) is 33.8 Å². The highest BCUT2D eigenvalue weighted by atomic mass is 16.6. The van der Waals surface area contributed by atoms with Crippen LogP contribution in [0.25, 0.3) is 0 Å². The van der Waals surface area contributed by atoms with Gasteiger partial charge in [0.15, 0.2) is 0 Å². The maximum atomic E-state index is 11.2. The lowest BCUT2D eigenvalue weighted by molar-refractivity contribution is -0.153. The summed E-state index contributed by atoms with van der Waals surface area (Å²) in [5.41, 5.74) is 0.277. The van der Waals surface area contributed by atoms with Gasteiger partial charge in [-0.25, -0.2) is 0 Å². The van der Waals surface area contributed by atoms with E-state index in [4.69, 9.17) is 4.74 Å². The summed E-state index contributed by atoms with van der Waals surface area (Å²) in [6, 6.07) is 0. The normalized spacial score (nSPS) is 11.4. The SMILES string of the molecule is C=C(/C=C\C)NCC(=O)OC(C)(C)C. The molecule has 0 aliphatic rings. The molecule has 0 bridgehead atoms. The summed E-state index contributed by atoms with van der Waals surface area (Å²) in [5.74, 6) is -0.275. The predicted molar refractivity (Wildman–Crippen MR) is 57.8 cm³/mol. The molecule has 0 heterocycles. The van der Waals surface area contributed by atoms with Crippen molar-refractivity contribution in [3.63, 3.8) is 0 Å². The van der Waals surface area contributed by atoms with Crippen LogP contribution in [0.5, 0.6) is 0 Å². The van der Waals surface area contributed by atoms with E-state index in [2.05, 4.69) is 11.9 Å². The molecule has 80 valence electrons. The zero-order chi connectivity index (χ0) is 11.2. The largest absolute Gasteiger partial charge is 0.459 e. The Balaban J connectivity index is 3.81. The molecule has 0 aliphatic carbocycles. The molecule has 0 aliphatic heterocycles. The van der Waals surface area contributed by atoms with Crippen molar-refractivity contribution in [3.05, 3.63) is 24.4 Å². The Bertz CT molecular complexity index is 236. The molecule has 0 aromatic rings. The summed E-state index contributed by atoms with van der Waals surface area (Å²) in [4.78, 5) is 11.2. The molecule has 3 nitrogen and oxygen atoms in total. The van der Waals surface area contributed by atoms with Gasteiger partial charge in [-0.2, -0.15) is 0 Å². The minimum atomic E-state index is -0.430. The molecule has 0 spiro atoms. The Morgan fingerprint density at radius 3 is 2.50 bits per heavy atom. The highest BCUT2D eigenvalue weighted by molar-refractivity contribution is 5.72. The Morgan fingerprint density at radius 2 is 2.07 bits per heavy atom. The van der Waals surface area contributed by atoms with E-state index in [9.17, 15) is 4.79 Å². The van der Waals surface area contributed by atoms with Gasteiger partial charge in [0.1, 0.15) is 12.1 Å². The van der Waals surface area contributed by atoms with Crippen LogP contribution < -0.4 is 5.32 Å². The molecule has 3 heteroatoms. The number of allylic oxidation sites excluding steroid dienone is 2. The van der Waals surface area contributed by atoms with Crippen molar-refractivity contribution in [3.8, 4) is 0 Å². The molecule has 0 atom stereocenters. The summed E-state index contributed by atoms with van der Waals surface area (Å²) >= 11 is 0. The lowest BCUT2D eigenvalue weighted by Gasteiger charge is -2.19. The molecule has 1 N–H and O–H groups in total. The number of carbonyl (C=O) groups excluding carboxylic acids is 1. The van der Waals surface area contributed by atoms with E-state index in [0.717, 1.165) is 0 Å². The average Bonchev–Trinajstić information content (AvgIpc) is 1.98. The van der Waals surface area contributed by atoms with Gasteiger partial charge in [0.05, 0.1) is 0 Å². The van der Waals surface area contributed by atoms with E-state index in [1.807, 2.05) is 33.8 Å². The van der Waals surface area contributed by atoms with Crippen molar-refractivity contribution in [2.24, 2.45) is 0 Å². The molecule has 0 amide bonds. The van der Waals surface area contributed by atoms with Crippen molar-refractivity contribution in [2.75, 3.05) is 6.54 Å². The highest BCUT2D eigenvalue weighted by Crippen LogP contribution is 2.06. The Kier molecular flexibility index (Phi) is 4.99. The van der Waals surface area contributed by atoms with Crippen molar-refractivity contribution in [1.82, 2.24) is 5.32 Å². The molecule has 0 aromatic heterocycles. The van der Waals surface area contributed by atoms with Crippen molar-refractivity contribution in [2.45, 2.75) is 33.3 Å². The fourth-order valence-corrected chi connectivity index (χ4v) is 0.823. The van der Waals surface area contributed by atoms with Crippen molar-refractivity contribution < 1.29 is 9.53 Å². The van der Waals surface area contributed by atoms with Gasteiger partial charge in [-0.1, -0.05) is 12.7 Å². The monoisotopic (exact) mass is 197 g/mol. The summed E-state index contributed by atoms with van der Waals surface area (Å²) in [6.45, 7) is 11.3. The summed E-state index contributed by atoms with van der Waals surface area (Å²) < 4.78 is 5.10. The van der Waals surface area contributed by atoms with Crippen LogP contribution in [0.1, 0.15) is 27.7 Å². The van der Waals surface area contributed by atoms with Crippen LogP contribution in [0.4, 0.5) is 0 Å². The maximum absolute atomic E-state index is 11.2. The van der Waals surface area contributed by atoms with Gasteiger partial charge in [0.2, 0.25) is 0 Å². The summed E-state index contributed by atoms with van der Waals surface area (Å²) in [5, 5.41) is 2.85. The first-order valence-electron chi connectivity index (χ1n) is 4.62. The third-order valence-electron chi connectivity index (χ3n) is 1.25. The smallest absolute Gasteiger partial charge is 0.325 e. The Morgan fingerprint density at radius 1 is 1.50 bits per heavy atom. The second kappa shape index (κ2) is 5.47. The molecule has 0 saturated carbocycles. The highest BCUT2D eigenvalue weighted by Gasteiger charge is 2.15. The van der Waals surface area contributed by atoms with Crippen LogP contribution in [0.15, 0.2) is 24.4 Å². The number of carbonyl (C=O) groups is 1. The number of esters is 1. The Labute approximate surface area is 85.8 Å². The van der Waals surface area contributed by atoms with Crippen LogP contribution in [0.3, 0.4) is 0 Å². The zero-order valence-corrected chi connectivity index (χ0v) is 9.39. The second-order valence-electron chi connectivity index (χ2n) is 3.97. The molecule has 0 rings (SSSR count). The van der Waals surface area contributed by atoms with E-state index in [0.29, 0.717) is 5.70 Å². The van der Waals surface area contributed by atoms with Crippen molar-refractivity contribution in [1.29, 1.82) is 0 Å². The lowest BCUT2D eigenvalue weighted by atomic mass is 10.2. The van der Waals surface area contributed by atoms with Crippen LogP contribution >= 0.6 is 0 Å². The maximum Gasteiger partial charge on any atom is 0.325 e. The van der Waals surface area contributed by atoms with Gasteiger partial charge < -0.3 is 10.1 Å². The first-order chi connectivity index (χ1) is 6.35. The van der Waals surface area contributed by atoms with E-state index in [1.54, 1.807) is 6.08 Å². The minimum absolute atomic E-state index is 0.153. The fourth-order valence-electron chi connectivity index (χ4n) is 0.823. The predicted octanol–water partition coefficient (Wildman–Crippen LogP) is 2.01. The number of rotatable bonds is 4. The van der Waals surface area contributed by atoms with Crippen LogP contribution in [-0.2, 0) is 9.53 Å². The molecule has 0 radical (unpaired) electrons. The van der Waals surface area contributed by atoms with Crippen molar-refractivity contribution >= 4 is 5.97 Å². The number of hydrogen-bond donors (Lipinski definition) is 1. The van der Waals surface area contributed by atoms with E-state index < -0.39 is 5.60 Å². The molecule has 0 fully saturated rings. The standard InChI is InChI=1S/C11H19NO2/c1-6-7-9(2)12-8-10(13)14-11(3,4)5/h6-7,12H,2,8H2,1,3-5H3/b7-6-.